The number of hydrogen-bond donors (Lipinski definition) is 2. The minimum absolute atomic E-state index is 0.0319. The van der Waals surface area contributed by atoms with Crippen molar-refractivity contribution >= 4 is 23.2 Å². The largest absolute Gasteiger partial charge is 0.396 e. The summed E-state index contributed by atoms with van der Waals surface area (Å²) in [5, 5.41) is 11.7. The van der Waals surface area contributed by atoms with Crippen molar-refractivity contribution < 1.29 is 14.3 Å². The van der Waals surface area contributed by atoms with Crippen LogP contribution in [-0.4, -0.2) is 17.6 Å². The second-order valence-corrected chi connectivity index (χ2v) is 3.84. The van der Waals surface area contributed by atoms with E-state index in [1.165, 1.54) is 18.2 Å². The number of anilines is 1. The number of halogens is 2. The normalized spacial score (nSPS) is 12.2. The summed E-state index contributed by atoms with van der Waals surface area (Å²) < 4.78 is 13.3. The van der Waals surface area contributed by atoms with Gasteiger partial charge in [0.1, 0.15) is 5.82 Å². The predicted octanol–water partition coefficient (Wildman–Crippen LogP) is 2.44. The topological polar surface area (TPSA) is 49.3 Å². The van der Waals surface area contributed by atoms with Gasteiger partial charge >= 0.3 is 0 Å². The summed E-state index contributed by atoms with van der Waals surface area (Å²) in [7, 11) is 0. The van der Waals surface area contributed by atoms with Gasteiger partial charge in [-0.3, -0.25) is 4.79 Å². The van der Waals surface area contributed by atoms with E-state index < -0.39 is 17.6 Å². The molecule has 88 valence electrons. The first-order valence-corrected chi connectivity index (χ1v) is 5.33. The van der Waals surface area contributed by atoms with Crippen molar-refractivity contribution in [2.75, 3.05) is 11.9 Å². The Labute approximate surface area is 98.2 Å². The Balaban J connectivity index is 2.80. The number of nitrogens with one attached hydrogen (secondary N) is 1. The first-order valence-electron chi connectivity index (χ1n) is 4.95. The molecule has 0 spiro atoms. The van der Waals surface area contributed by atoms with Gasteiger partial charge in [0.25, 0.3) is 0 Å². The molecule has 0 saturated heterocycles. The maximum atomic E-state index is 13.3. The van der Waals surface area contributed by atoms with Gasteiger partial charge in [-0.05, 0) is 24.6 Å². The molecule has 2 N–H and O–H groups in total. The lowest BCUT2D eigenvalue weighted by atomic mass is 10.1. The summed E-state index contributed by atoms with van der Waals surface area (Å²) in [5.74, 6) is -1.49. The van der Waals surface area contributed by atoms with Crippen LogP contribution in [0, 0.1) is 11.7 Å². The summed E-state index contributed by atoms with van der Waals surface area (Å²) >= 11 is 5.68. The summed E-state index contributed by atoms with van der Waals surface area (Å²) in [6.07, 6.45) is 0.491. The average Bonchev–Trinajstić information content (AvgIpc) is 2.25. The number of hydrogen-bond acceptors (Lipinski definition) is 2. The number of amides is 1. The van der Waals surface area contributed by atoms with Crippen LogP contribution in [0.25, 0.3) is 0 Å². The highest BCUT2D eigenvalue weighted by molar-refractivity contribution is 6.30. The van der Waals surface area contributed by atoms with Crippen molar-refractivity contribution in [2.45, 2.75) is 13.3 Å². The van der Waals surface area contributed by atoms with Crippen molar-refractivity contribution in [1.29, 1.82) is 0 Å². The molecule has 0 fully saturated rings. The van der Waals surface area contributed by atoms with Crippen molar-refractivity contribution in [2.24, 2.45) is 5.92 Å². The standard InChI is InChI=1S/C11H13ClFNO2/c1-2-7(6-15)11(16)14-10-5-8(12)3-4-9(10)13/h3-5,7,15H,2,6H2,1H3,(H,14,16). The fraction of sp³-hybridized carbons (Fsp3) is 0.364. The molecule has 5 heteroatoms. The molecule has 0 radical (unpaired) electrons. The Morgan fingerprint density at radius 1 is 1.62 bits per heavy atom. The van der Waals surface area contributed by atoms with E-state index >= 15 is 0 Å². The SMILES string of the molecule is CCC(CO)C(=O)Nc1cc(Cl)ccc1F. The van der Waals surface area contributed by atoms with Gasteiger partial charge in [-0.15, -0.1) is 0 Å². The highest BCUT2D eigenvalue weighted by atomic mass is 35.5. The number of rotatable bonds is 4. The zero-order valence-electron chi connectivity index (χ0n) is 8.84. The Morgan fingerprint density at radius 3 is 2.88 bits per heavy atom. The monoisotopic (exact) mass is 245 g/mol. The van der Waals surface area contributed by atoms with Crippen LogP contribution >= 0.6 is 11.6 Å². The van der Waals surface area contributed by atoms with E-state index in [4.69, 9.17) is 16.7 Å². The van der Waals surface area contributed by atoms with E-state index in [0.29, 0.717) is 11.4 Å². The molecular formula is C11H13ClFNO2. The summed E-state index contributed by atoms with van der Waals surface area (Å²) in [5.41, 5.74) is 0.0319. The number of benzene rings is 1. The van der Waals surface area contributed by atoms with Crippen LogP contribution in [0.4, 0.5) is 10.1 Å². The fourth-order valence-electron chi connectivity index (χ4n) is 1.23. The molecule has 3 nitrogen and oxygen atoms in total. The van der Waals surface area contributed by atoms with Gasteiger partial charge < -0.3 is 10.4 Å². The highest BCUT2D eigenvalue weighted by Crippen LogP contribution is 2.20. The molecule has 0 heterocycles. The van der Waals surface area contributed by atoms with E-state index in [1.54, 1.807) is 6.92 Å². The molecule has 1 aromatic rings. The number of carbonyl (C=O) groups is 1. The van der Waals surface area contributed by atoms with Gasteiger partial charge in [0.05, 0.1) is 18.2 Å². The number of aliphatic hydroxyl groups excluding tert-OH is 1. The molecule has 1 amide bonds. The molecule has 0 aliphatic heterocycles. The fourth-order valence-corrected chi connectivity index (χ4v) is 1.40. The lowest BCUT2D eigenvalue weighted by Crippen LogP contribution is -2.25. The van der Waals surface area contributed by atoms with E-state index in [2.05, 4.69) is 5.32 Å². The minimum atomic E-state index is -0.550. The smallest absolute Gasteiger partial charge is 0.229 e. The van der Waals surface area contributed by atoms with Gasteiger partial charge in [-0.2, -0.15) is 0 Å². The van der Waals surface area contributed by atoms with E-state index in [1.807, 2.05) is 0 Å². The van der Waals surface area contributed by atoms with Crippen molar-refractivity contribution in [3.63, 3.8) is 0 Å². The summed E-state index contributed by atoms with van der Waals surface area (Å²) in [6.45, 7) is 1.51. The van der Waals surface area contributed by atoms with Gasteiger partial charge in [0.15, 0.2) is 0 Å². The van der Waals surface area contributed by atoms with Gasteiger partial charge in [-0.1, -0.05) is 18.5 Å². The summed E-state index contributed by atoms with van der Waals surface area (Å²) in [6, 6.07) is 3.91. The van der Waals surface area contributed by atoms with Crippen LogP contribution in [0.1, 0.15) is 13.3 Å². The highest BCUT2D eigenvalue weighted by Gasteiger charge is 2.16. The molecule has 1 atom stereocenters. The van der Waals surface area contributed by atoms with Crippen molar-refractivity contribution in [3.8, 4) is 0 Å². The Bertz CT molecular complexity index is 380. The second kappa shape index (κ2) is 5.82. The van der Waals surface area contributed by atoms with Gasteiger partial charge in [-0.25, -0.2) is 4.39 Å². The van der Waals surface area contributed by atoms with Crippen LogP contribution in [0.5, 0.6) is 0 Å². The maximum absolute atomic E-state index is 13.3. The average molecular weight is 246 g/mol. The third-order valence-corrected chi connectivity index (χ3v) is 2.51. The zero-order chi connectivity index (χ0) is 12.1. The minimum Gasteiger partial charge on any atom is -0.396 e. The lowest BCUT2D eigenvalue weighted by molar-refractivity contribution is -0.121. The molecule has 1 aromatic carbocycles. The van der Waals surface area contributed by atoms with Crippen LogP contribution in [-0.2, 0) is 4.79 Å². The Kier molecular flexibility index (Phi) is 4.71. The van der Waals surface area contributed by atoms with Crippen molar-refractivity contribution in [3.05, 3.63) is 29.0 Å². The summed E-state index contributed by atoms with van der Waals surface area (Å²) in [4.78, 5) is 11.6. The Hall–Kier alpha value is -1.13. The zero-order valence-corrected chi connectivity index (χ0v) is 9.59. The van der Waals surface area contributed by atoms with Crippen LogP contribution < -0.4 is 5.32 Å². The molecule has 0 aromatic heterocycles. The molecule has 0 aliphatic rings. The molecular weight excluding hydrogens is 233 g/mol. The predicted molar refractivity (Wildman–Crippen MR) is 60.9 cm³/mol. The van der Waals surface area contributed by atoms with Gasteiger partial charge in [0, 0.05) is 5.02 Å². The van der Waals surface area contributed by atoms with Gasteiger partial charge in [0.2, 0.25) is 5.91 Å². The third-order valence-electron chi connectivity index (χ3n) is 2.27. The third kappa shape index (κ3) is 3.18. The first-order chi connectivity index (χ1) is 7.58. The molecule has 0 aliphatic carbocycles. The molecule has 0 saturated carbocycles. The maximum Gasteiger partial charge on any atom is 0.229 e. The van der Waals surface area contributed by atoms with Crippen LogP contribution in [0.2, 0.25) is 5.02 Å². The van der Waals surface area contributed by atoms with E-state index in [0.717, 1.165) is 0 Å². The second-order valence-electron chi connectivity index (χ2n) is 3.40. The van der Waals surface area contributed by atoms with E-state index in [9.17, 15) is 9.18 Å². The molecule has 1 unspecified atom stereocenters. The first kappa shape index (κ1) is 12.9. The van der Waals surface area contributed by atoms with E-state index in [-0.39, 0.29) is 12.3 Å². The quantitative estimate of drug-likeness (QED) is 0.856. The molecule has 16 heavy (non-hydrogen) atoms. The molecule has 1 rings (SSSR count). The lowest BCUT2D eigenvalue weighted by Gasteiger charge is -2.12. The Morgan fingerprint density at radius 2 is 2.31 bits per heavy atom. The molecule has 0 bridgehead atoms. The van der Waals surface area contributed by atoms with Crippen LogP contribution in [0.3, 0.4) is 0 Å². The number of aliphatic hydroxyl groups is 1. The van der Waals surface area contributed by atoms with Crippen LogP contribution in [0.15, 0.2) is 18.2 Å². The number of carbonyl (C=O) groups excluding carboxylic acids is 1. The van der Waals surface area contributed by atoms with Crippen molar-refractivity contribution in [1.82, 2.24) is 0 Å².